The largest absolute Gasteiger partial charge is 0.497 e. The second kappa shape index (κ2) is 8.08. The van der Waals surface area contributed by atoms with Gasteiger partial charge in [-0.2, -0.15) is 5.26 Å². The van der Waals surface area contributed by atoms with Crippen LogP contribution in [0.3, 0.4) is 0 Å². The number of hydrogen-bond donors (Lipinski definition) is 1. The predicted molar refractivity (Wildman–Crippen MR) is 101 cm³/mol. The lowest BCUT2D eigenvalue weighted by Crippen LogP contribution is -2.04. The number of nitrogens with zero attached hydrogens (tertiary/aromatic N) is 4. The first-order valence-corrected chi connectivity index (χ1v) is 8.26. The molecule has 6 nitrogen and oxygen atoms in total. The van der Waals surface area contributed by atoms with Gasteiger partial charge in [-0.15, -0.1) is 0 Å². The molecule has 0 unspecified atom stereocenters. The number of benzene rings is 1. The highest BCUT2D eigenvalue weighted by atomic mass is 16.5. The smallest absolute Gasteiger partial charge is 0.130 e. The molecule has 0 radical (unpaired) electrons. The normalized spacial score (nSPS) is 10.2. The Bertz CT molecular complexity index is 932. The molecule has 0 bridgehead atoms. The SMILES string of the molecule is COc1ccc(-c2cncc(-c3cc(NCCC#N)nc(C)n3)c2)cc1. The van der Waals surface area contributed by atoms with Gasteiger partial charge in [0.1, 0.15) is 17.4 Å². The molecule has 0 amide bonds. The zero-order chi connectivity index (χ0) is 18.4. The van der Waals surface area contributed by atoms with Crippen LogP contribution in [0.4, 0.5) is 5.82 Å². The second-order valence-corrected chi connectivity index (χ2v) is 5.71. The van der Waals surface area contributed by atoms with Crippen molar-refractivity contribution in [1.82, 2.24) is 15.0 Å². The topological polar surface area (TPSA) is 83.7 Å². The van der Waals surface area contributed by atoms with Crippen LogP contribution >= 0.6 is 0 Å². The molecule has 2 heterocycles. The molecule has 2 aromatic heterocycles. The lowest BCUT2D eigenvalue weighted by Gasteiger charge is -2.09. The van der Waals surface area contributed by atoms with Crippen LogP contribution in [-0.4, -0.2) is 28.6 Å². The van der Waals surface area contributed by atoms with E-state index in [-0.39, 0.29) is 0 Å². The fraction of sp³-hybridized carbons (Fsp3) is 0.200. The minimum Gasteiger partial charge on any atom is -0.497 e. The molecule has 0 aliphatic carbocycles. The third kappa shape index (κ3) is 4.14. The van der Waals surface area contributed by atoms with Crippen LogP contribution < -0.4 is 10.1 Å². The number of methoxy groups -OCH3 is 1. The summed E-state index contributed by atoms with van der Waals surface area (Å²) in [5.74, 6) is 2.19. The molecule has 26 heavy (non-hydrogen) atoms. The summed E-state index contributed by atoms with van der Waals surface area (Å²) < 4.78 is 5.21. The van der Waals surface area contributed by atoms with Gasteiger partial charge in [0.25, 0.3) is 0 Å². The minimum absolute atomic E-state index is 0.424. The Hall–Kier alpha value is -3.46. The molecule has 0 saturated carbocycles. The molecular weight excluding hydrogens is 326 g/mol. The van der Waals surface area contributed by atoms with Gasteiger partial charge in [0.05, 0.1) is 25.3 Å². The maximum atomic E-state index is 8.66. The molecule has 0 aliphatic rings. The molecule has 3 rings (SSSR count). The molecule has 6 heteroatoms. The van der Waals surface area contributed by atoms with Crippen LogP contribution in [0.25, 0.3) is 22.4 Å². The lowest BCUT2D eigenvalue weighted by atomic mass is 10.0. The zero-order valence-corrected chi connectivity index (χ0v) is 14.7. The molecule has 0 spiro atoms. The second-order valence-electron chi connectivity index (χ2n) is 5.71. The number of rotatable bonds is 6. The summed E-state index contributed by atoms with van der Waals surface area (Å²) >= 11 is 0. The van der Waals surface area contributed by atoms with Crippen molar-refractivity contribution in [3.05, 3.63) is 54.6 Å². The Kier molecular flexibility index (Phi) is 5.40. The number of aromatic nitrogens is 3. The average Bonchev–Trinajstić information content (AvgIpc) is 2.68. The summed E-state index contributed by atoms with van der Waals surface area (Å²) in [6.45, 7) is 2.40. The third-order valence-corrected chi connectivity index (χ3v) is 3.84. The molecule has 0 aliphatic heterocycles. The van der Waals surface area contributed by atoms with E-state index in [1.807, 2.05) is 43.5 Å². The highest BCUT2D eigenvalue weighted by Crippen LogP contribution is 2.26. The molecule has 0 atom stereocenters. The molecular formula is C20H19N5O. The van der Waals surface area contributed by atoms with E-state index in [1.54, 1.807) is 13.3 Å². The Labute approximate surface area is 152 Å². The van der Waals surface area contributed by atoms with Gasteiger partial charge in [-0.1, -0.05) is 12.1 Å². The van der Waals surface area contributed by atoms with Crippen LogP contribution in [-0.2, 0) is 0 Å². The van der Waals surface area contributed by atoms with Crippen LogP contribution in [0, 0.1) is 18.3 Å². The van der Waals surface area contributed by atoms with E-state index in [2.05, 4.69) is 32.4 Å². The van der Waals surface area contributed by atoms with Crippen LogP contribution in [0.1, 0.15) is 12.2 Å². The van der Waals surface area contributed by atoms with Crippen molar-refractivity contribution < 1.29 is 4.74 Å². The van der Waals surface area contributed by atoms with Gasteiger partial charge in [-0.3, -0.25) is 4.98 Å². The Morgan fingerprint density at radius 1 is 1.04 bits per heavy atom. The highest BCUT2D eigenvalue weighted by Gasteiger charge is 2.07. The number of anilines is 1. The number of nitrogens with one attached hydrogen (secondary N) is 1. The van der Waals surface area contributed by atoms with Gasteiger partial charge < -0.3 is 10.1 Å². The van der Waals surface area contributed by atoms with Crippen molar-refractivity contribution in [2.24, 2.45) is 0 Å². The van der Waals surface area contributed by atoms with E-state index in [0.717, 1.165) is 28.1 Å². The van der Waals surface area contributed by atoms with Gasteiger partial charge in [-0.05, 0) is 30.7 Å². The van der Waals surface area contributed by atoms with Gasteiger partial charge in [0.2, 0.25) is 0 Å². The van der Waals surface area contributed by atoms with Crippen molar-refractivity contribution in [2.45, 2.75) is 13.3 Å². The Morgan fingerprint density at radius 3 is 2.54 bits per heavy atom. The summed E-state index contributed by atoms with van der Waals surface area (Å²) in [5, 5.41) is 11.8. The first-order valence-electron chi connectivity index (χ1n) is 8.26. The van der Waals surface area contributed by atoms with Crippen LogP contribution in [0.15, 0.2) is 48.8 Å². The van der Waals surface area contributed by atoms with E-state index in [9.17, 15) is 0 Å². The van der Waals surface area contributed by atoms with Crippen molar-refractivity contribution in [3.8, 4) is 34.2 Å². The van der Waals surface area contributed by atoms with Gasteiger partial charge in [0.15, 0.2) is 0 Å². The van der Waals surface area contributed by atoms with E-state index in [4.69, 9.17) is 10.00 Å². The quantitative estimate of drug-likeness (QED) is 0.683. The summed E-state index contributed by atoms with van der Waals surface area (Å²) in [4.78, 5) is 13.2. The lowest BCUT2D eigenvalue weighted by molar-refractivity contribution is 0.415. The van der Waals surface area contributed by atoms with E-state index >= 15 is 0 Å². The fourth-order valence-electron chi connectivity index (χ4n) is 2.57. The van der Waals surface area contributed by atoms with Crippen LogP contribution in [0.5, 0.6) is 5.75 Å². The number of nitriles is 1. The Balaban J connectivity index is 1.91. The maximum Gasteiger partial charge on any atom is 0.130 e. The van der Waals surface area contributed by atoms with E-state index in [1.165, 1.54) is 0 Å². The first kappa shape index (κ1) is 17.4. The van der Waals surface area contributed by atoms with Gasteiger partial charge in [0, 0.05) is 36.1 Å². The van der Waals surface area contributed by atoms with E-state index in [0.29, 0.717) is 24.6 Å². The first-order chi connectivity index (χ1) is 12.7. The van der Waals surface area contributed by atoms with Crippen molar-refractivity contribution in [2.75, 3.05) is 19.0 Å². The summed E-state index contributed by atoms with van der Waals surface area (Å²) in [6.07, 6.45) is 4.03. The molecule has 1 N–H and O–H groups in total. The molecule has 0 fully saturated rings. The van der Waals surface area contributed by atoms with Crippen molar-refractivity contribution in [1.29, 1.82) is 5.26 Å². The van der Waals surface area contributed by atoms with Crippen LogP contribution in [0.2, 0.25) is 0 Å². The maximum absolute atomic E-state index is 8.66. The molecule has 3 aromatic rings. The summed E-state index contributed by atoms with van der Waals surface area (Å²) in [5.41, 5.74) is 3.76. The third-order valence-electron chi connectivity index (χ3n) is 3.84. The molecule has 130 valence electrons. The molecule has 1 aromatic carbocycles. The standard InChI is InChI=1S/C20H19N5O/c1-14-24-19(11-20(25-14)23-9-3-8-21)17-10-16(12-22-13-17)15-4-6-18(26-2)7-5-15/h4-7,10-13H,3,9H2,1-2H3,(H,23,24,25). The summed E-state index contributed by atoms with van der Waals surface area (Å²) in [7, 11) is 1.65. The monoisotopic (exact) mass is 345 g/mol. The van der Waals surface area contributed by atoms with E-state index < -0.39 is 0 Å². The summed E-state index contributed by atoms with van der Waals surface area (Å²) in [6, 6.07) is 13.9. The average molecular weight is 345 g/mol. The number of hydrogen-bond acceptors (Lipinski definition) is 6. The number of pyridine rings is 1. The zero-order valence-electron chi connectivity index (χ0n) is 14.7. The van der Waals surface area contributed by atoms with Gasteiger partial charge >= 0.3 is 0 Å². The predicted octanol–water partition coefficient (Wildman–Crippen LogP) is 3.85. The van der Waals surface area contributed by atoms with Gasteiger partial charge in [-0.25, -0.2) is 9.97 Å². The fourth-order valence-corrected chi connectivity index (χ4v) is 2.57. The number of ether oxygens (including phenoxy) is 1. The number of aryl methyl sites for hydroxylation is 1. The van der Waals surface area contributed by atoms with Crippen molar-refractivity contribution in [3.63, 3.8) is 0 Å². The Morgan fingerprint density at radius 2 is 1.81 bits per heavy atom. The highest BCUT2D eigenvalue weighted by molar-refractivity contribution is 5.71. The minimum atomic E-state index is 0.424. The van der Waals surface area contributed by atoms with Crippen molar-refractivity contribution >= 4 is 5.82 Å². The molecule has 0 saturated heterocycles.